The second-order valence-electron chi connectivity index (χ2n) is 6.67. The lowest BCUT2D eigenvalue weighted by atomic mass is 10.1. The molecule has 0 radical (unpaired) electrons. The molecule has 0 spiro atoms. The molecule has 1 saturated heterocycles. The van der Waals surface area contributed by atoms with Crippen LogP contribution in [0.25, 0.3) is 11.5 Å². The van der Waals surface area contributed by atoms with Gasteiger partial charge in [0.1, 0.15) is 11.6 Å². The van der Waals surface area contributed by atoms with Gasteiger partial charge in [-0.15, -0.1) is 0 Å². The van der Waals surface area contributed by atoms with Gasteiger partial charge in [0.05, 0.1) is 19.1 Å². The Morgan fingerprint density at radius 3 is 2.52 bits per heavy atom. The molecule has 0 unspecified atom stereocenters. The maximum absolute atomic E-state index is 13.5. The highest BCUT2D eigenvalue weighted by Gasteiger charge is 2.20. The number of nitrogens with zero attached hydrogens (tertiary/aromatic N) is 3. The van der Waals surface area contributed by atoms with E-state index in [-0.39, 0.29) is 5.82 Å². The topological polar surface area (TPSA) is 54.9 Å². The van der Waals surface area contributed by atoms with Crippen molar-refractivity contribution < 1.29 is 18.1 Å². The molecule has 0 amide bonds. The van der Waals surface area contributed by atoms with Crippen LogP contribution >= 0.6 is 0 Å². The molecule has 0 N–H and O–H groups in total. The number of halogens is 1. The van der Waals surface area contributed by atoms with Crippen LogP contribution in [-0.4, -0.2) is 48.2 Å². The van der Waals surface area contributed by atoms with Crippen molar-refractivity contribution >= 4 is 0 Å². The first-order valence-corrected chi connectivity index (χ1v) is 8.98. The van der Waals surface area contributed by atoms with Crippen molar-refractivity contribution in [2.75, 3.05) is 33.3 Å². The summed E-state index contributed by atoms with van der Waals surface area (Å²) in [5.74, 6) is 1.82. The third-order valence-electron chi connectivity index (χ3n) is 4.81. The van der Waals surface area contributed by atoms with E-state index in [9.17, 15) is 4.39 Å². The van der Waals surface area contributed by atoms with Gasteiger partial charge in [-0.05, 0) is 30.3 Å². The first kappa shape index (κ1) is 17.8. The summed E-state index contributed by atoms with van der Waals surface area (Å²) in [7, 11) is 1.61. The molecule has 3 heterocycles. The Morgan fingerprint density at radius 2 is 1.81 bits per heavy atom. The third kappa shape index (κ3) is 4.20. The zero-order valence-corrected chi connectivity index (χ0v) is 15.2. The van der Waals surface area contributed by atoms with Crippen molar-refractivity contribution in [2.45, 2.75) is 13.1 Å². The first-order chi connectivity index (χ1) is 13.2. The molecule has 0 bridgehead atoms. The number of rotatable bonds is 6. The monoisotopic (exact) mass is 371 g/mol. The lowest BCUT2D eigenvalue weighted by Gasteiger charge is -2.34. The number of ether oxygens (including phenoxy) is 1. The van der Waals surface area contributed by atoms with Gasteiger partial charge in [0.2, 0.25) is 5.76 Å². The largest absolute Gasteiger partial charge is 0.496 e. The van der Waals surface area contributed by atoms with E-state index in [0.717, 1.165) is 49.7 Å². The number of benzene rings is 1. The molecule has 0 saturated carbocycles. The second kappa shape index (κ2) is 7.94. The van der Waals surface area contributed by atoms with Crippen LogP contribution in [0.3, 0.4) is 0 Å². The zero-order chi connectivity index (χ0) is 18.6. The van der Waals surface area contributed by atoms with E-state index in [1.807, 2.05) is 18.2 Å². The average molecular weight is 371 g/mol. The fraction of sp³-hybridized carbons (Fsp3) is 0.350. The van der Waals surface area contributed by atoms with Gasteiger partial charge in [0, 0.05) is 50.9 Å². The van der Waals surface area contributed by atoms with E-state index in [1.54, 1.807) is 25.5 Å². The Labute approximate surface area is 157 Å². The van der Waals surface area contributed by atoms with Crippen molar-refractivity contribution in [3.8, 4) is 17.3 Å². The first-order valence-electron chi connectivity index (χ1n) is 8.98. The third-order valence-corrected chi connectivity index (χ3v) is 4.81. The Morgan fingerprint density at radius 1 is 1.04 bits per heavy atom. The highest BCUT2D eigenvalue weighted by Crippen LogP contribution is 2.23. The van der Waals surface area contributed by atoms with Crippen LogP contribution in [0.5, 0.6) is 5.75 Å². The predicted molar refractivity (Wildman–Crippen MR) is 97.7 cm³/mol. The summed E-state index contributed by atoms with van der Waals surface area (Å²) < 4.78 is 29.6. The summed E-state index contributed by atoms with van der Waals surface area (Å²) in [6.45, 7) is 5.06. The molecule has 2 aromatic heterocycles. The lowest BCUT2D eigenvalue weighted by Crippen LogP contribution is -2.45. The van der Waals surface area contributed by atoms with Crippen LogP contribution in [0.4, 0.5) is 4.39 Å². The molecule has 142 valence electrons. The minimum Gasteiger partial charge on any atom is -0.496 e. The molecule has 1 aliphatic heterocycles. The molecule has 6 nitrogen and oxygen atoms in total. The quantitative estimate of drug-likeness (QED) is 0.662. The Kier molecular flexibility index (Phi) is 5.22. The molecular formula is C20H22FN3O3. The maximum atomic E-state index is 13.5. The highest BCUT2D eigenvalue weighted by molar-refractivity contribution is 5.49. The normalized spacial score (nSPS) is 15.9. The van der Waals surface area contributed by atoms with E-state index in [2.05, 4.69) is 15.0 Å². The Hall–Kier alpha value is -2.64. The van der Waals surface area contributed by atoms with Crippen LogP contribution in [0, 0.1) is 5.82 Å². The van der Waals surface area contributed by atoms with Crippen molar-refractivity contribution in [3.05, 3.63) is 59.7 Å². The van der Waals surface area contributed by atoms with Gasteiger partial charge in [-0.25, -0.2) is 4.39 Å². The fourth-order valence-electron chi connectivity index (χ4n) is 3.37. The molecule has 4 rings (SSSR count). The van der Waals surface area contributed by atoms with Gasteiger partial charge >= 0.3 is 0 Å². The number of aromatic nitrogens is 1. The number of furan rings is 1. The summed E-state index contributed by atoms with van der Waals surface area (Å²) in [5.41, 5.74) is 1.77. The number of methoxy groups -OCH3 is 1. The summed E-state index contributed by atoms with van der Waals surface area (Å²) in [6.07, 6.45) is 1.62. The second-order valence-corrected chi connectivity index (χ2v) is 6.67. The van der Waals surface area contributed by atoms with Crippen LogP contribution in [0.2, 0.25) is 0 Å². The van der Waals surface area contributed by atoms with Crippen LogP contribution in [0.15, 0.2) is 51.6 Å². The minimum absolute atomic E-state index is 0.233. The van der Waals surface area contributed by atoms with Crippen molar-refractivity contribution in [1.29, 1.82) is 0 Å². The molecule has 3 aromatic rings. The van der Waals surface area contributed by atoms with Gasteiger partial charge < -0.3 is 13.7 Å². The Bertz CT molecular complexity index is 870. The molecule has 1 fully saturated rings. The number of hydrogen-bond donors (Lipinski definition) is 0. The van der Waals surface area contributed by atoms with Crippen LogP contribution in [0.1, 0.15) is 11.3 Å². The van der Waals surface area contributed by atoms with E-state index in [4.69, 9.17) is 13.7 Å². The van der Waals surface area contributed by atoms with E-state index in [0.29, 0.717) is 18.1 Å². The van der Waals surface area contributed by atoms with Crippen LogP contribution < -0.4 is 4.74 Å². The number of piperazine rings is 1. The SMILES string of the molecule is COc1ccc(F)cc1CN1CCN(Cc2cc(-c3ccco3)on2)CC1. The maximum Gasteiger partial charge on any atom is 0.202 e. The Balaban J connectivity index is 1.31. The standard InChI is InChI=1S/C20H22FN3O3/c1-25-18-5-4-16(21)11-15(18)13-23-6-8-24(9-7-23)14-17-12-20(27-22-17)19-3-2-10-26-19/h2-5,10-12H,6-9,13-14H2,1H3. The van der Waals surface area contributed by atoms with Crippen molar-refractivity contribution in [1.82, 2.24) is 15.0 Å². The van der Waals surface area contributed by atoms with Crippen molar-refractivity contribution in [3.63, 3.8) is 0 Å². The molecule has 27 heavy (non-hydrogen) atoms. The number of hydrogen-bond acceptors (Lipinski definition) is 6. The summed E-state index contributed by atoms with van der Waals surface area (Å²) in [5, 5.41) is 4.14. The van der Waals surface area contributed by atoms with Gasteiger partial charge in [0.25, 0.3) is 0 Å². The van der Waals surface area contributed by atoms with Crippen LogP contribution in [-0.2, 0) is 13.1 Å². The van der Waals surface area contributed by atoms with E-state index in [1.165, 1.54) is 6.07 Å². The zero-order valence-electron chi connectivity index (χ0n) is 15.2. The predicted octanol–water partition coefficient (Wildman–Crippen LogP) is 3.40. The summed E-state index contributed by atoms with van der Waals surface area (Å²) in [4.78, 5) is 4.65. The van der Waals surface area contributed by atoms with E-state index >= 15 is 0 Å². The van der Waals surface area contributed by atoms with E-state index < -0.39 is 0 Å². The summed E-state index contributed by atoms with van der Waals surface area (Å²) >= 11 is 0. The highest BCUT2D eigenvalue weighted by atomic mass is 19.1. The van der Waals surface area contributed by atoms with Crippen molar-refractivity contribution in [2.24, 2.45) is 0 Å². The molecule has 0 atom stereocenters. The molecule has 1 aliphatic rings. The minimum atomic E-state index is -0.233. The molecule has 7 heteroatoms. The van der Waals surface area contributed by atoms with Gasteiger partial charge in [-0.1, -0.05) is 5.16 Å². The molecular weight excluding hydrogens is 349 g/mol. The van der Waals surface area contributed by atoms with Gasteiger partial charge in [-0.3, -0.25) is 9.80 Å². The molecule has 1 aromatic carbocycles. The smallest absolute Gasteiger partial charge is 0.202 e. The molecule has 0 aliphatic carbocycles. The van der Waals surface area contributed by atoms with Gasteiger partial charge in [-0.2, -0.15) is 0 Å². The summed E-state index contributed by atoms with van der Waals surface area (Å²) in [6, 6.07) is 10.3. The average Bonchev–Trinajstić information content (AvgIpc) is 3.35. The lowest BCUT2D eigenvalue weighted by molar-refractivity contribution is 0.119. The fourth-order valence-corrected chi connectivity index (χ4v) is 3.37. The van der Waals surface area contributed by atoms with Gasteiger partial charge in [0.15, 0.2) is 5.76 Å².